The molecule has 1 aromatic rings. The Labute approximate surface area is 126 Å². The van der Waals surface area contributed by atoms with Crippen LogP contribution in [0.2, 0.25) is 0 Å². The van der Waals surface area contributed by atoms with Crippen molar-refractivity contribution in [2.45, 2.75) is 64.0 Å². The van der Waals surface area contributed by atoms with E-state index in [1.54, 1.807) is 11.3 Å². The van der Waals surface area contributed by atoms with Crippen LogP contribution < -0.4 is 10.6 Å². The van der Waals surface area contributed by atoms with Gasteiger partial charge in [-0.25, -0.2) is 4.98 Å². The van der Waals surface area contributed by atoms with Crippen molar-refractivity contribution in [2.75, 3.05) is 13.1 Å². The van der Waals surface area contributed by atoms with Gasteiger partial charge in [-0.1, -0.05) is 12.8 Å². The van der Waals surface area contributed by atoms with Crippen LogP contribution in [-0.4, -0.2) is 30.2 Å². The van der Waals surface area contributed by atoms with Crippen LogP contribution in [0.1, 0.15) is 49.2 Å². The fourth-order valence-electron chi connectivity index (χ4n) is 3.85. The number of rotatable bonds is 5. The minimum Gasteiger partial charge on any atom is -0.314 e. The fourth-order valence-corrected chi connectivity index (χ4v) is 4.63. The van der Waals surface area contributed by atoms with Gasteiger partial charge in [0, 0.05) is 36.1 Å². The smallest absolute Gasteiger partial charge is 0.0940 e. The number of aryl methyl sites for hydroxylation is 1. The summed E-state index contributed by atoms with van der Waals surface area (Å²) >= 11 is 1.80. The van der Waals surface area contributed by atoms with Gasteiger partial charge >= 0.3 is 0 Å². The molecule has 2 N–H and O–H groups in total. The van der Waals surface area contributed by atoms with E-state index in [1.807, 2.05) is 0 Å². The van der Waals surface area contributed by atoms with Gasteiger partial charge in [0.2, 0.25) is 0 Å². The van der Waals surface area contributed by atoms with Gasteiger partial charge in [0.15, 0.2) is 0 Å². The summed E-state index contributed by atoms with van der Waals surface area (Å²) in [5, 5.41) is 11.0. The van der Waals surface area contributed by atoms with Crippen molar-refractivity contribution in [3.05, 3.63) is 16.1 Å². The number of hydrogen-bond acceptors (Lipinski definition) is 4. The van der Waals surface area contributed by atoms with Gasteiger partial charge in [-0.2, -0.15) is 0 Å². The van der Waals surface area contributed by atoms with Crippen molar-refractivity contribution in [1.82, 2.24) is 15.6 Å². The number of nitrogens with one attached hydrogen (secondary N) is 2. The van der Waals surface area contributed by atoms with Crippen LogP contribution in [0.3, 0.4) is 0 Å². The Morgan fingerprint density at radius 1 is 1.30 bits per heavy atom. The molecule has 1 aromatic heterocycles. The molecule has 3 rings (SSSR count). The van der Waals surface area contributed by atoms with E-state index in [9.17, 15) is 0 Å². The molecule has 2 heterocycles. The van der Waals surface area contributed by atoms with Crippen LogP contribution in [0.4, 0.5) is 0 Å². The summed E-state index contributed by atoms with van der Waals surface area (Å²) in [6.07, 6.45) is 9.43. The van der Waals surface area contributed by atoms with Crippen molar-refractivity contribution >= 4 is 11.3 Å². The lowest BCUT2D eigenvalue weighted by atomic mass is 9.79. The Bertz CT molecular complexity index is 412. The minimum atomic E-state index is 0.723. The molecule has 0 bridgehead atoms. The summed E-state index contributed by atoms with van der Waals surface area (Å²) in [7, 11) is 0. The van der Waals surface area contributed by atoms with E-state index in [0.29, 0.717) is 0 Å². The maximum absolute atomic E-state index is 4.56. The molecule has 0 spiro atoms. The van der Waals surface area contributed by atoms with Gasteiger partial charge in [0.1, 0.15) is 0 Å². The lowest BCUT2D eigenvalue weighted by Gasteiger charge is -2.36. The third-order valence-electron chi connectivity index (χ3n) is 4.85. The van der Waals surface area contributed by atoms with Crippen LogP contribution in [-0.2, 0) is 6.42 Å². The van der Waals surface area contributed by atoms with Crippen molar-refractivity contribution < 1.29 is 0 Å². The first-order chi connectivity index (χ1) is 9.83. The Morgan fingerprint density at radius 3 is 2.95 bits per heavy atom. The molecule has 0 radical (unpaired) electrons. The van der Waals surface area contributed by atoms with E-state index in [0.717, 1.165) is 36.7 Å². The zero-order chi connectivity index (χ0) is 13.8. The van der Waals surface area contributed by atoms with Crippen molar-refractivity contribution in [3.8, 4) is 0 Å². The third kappa shape index (κ3) is 3.60. The number of aromatic nitrogens is 1. The Balaban J connectivity index is 1.49. The molecule has 112 valence electrons. The molecule has 3 nitrogen and oxygen atoms in total. The van der Waals surface area contributed by atoms with Crippen molar-refractivity contribution in [2.24, 2.45) is 5.92 Å². The van der Waals surface area contributed by atoms with Crippen LogP contribution in [0.25, 0.3) is 0 Å². The predicted molar refractivity (Wildman–Crippen MR) is 85.3 cm³/mol. The highest BCUT2D eigenvalue weighted by molar-refractivity contribution is 7.09. The van der Waals surface area contributed by atoms with Gasteiger partial charge in [0.25, 0.3) is 0 Å². The maximum atomic E-state index is 4.56. The molecule has 20 heavy (non-hydrogen) atoms. The molecule has 3 unspecified atom stereocenters. The Morgan fingerprint density at radius 2 is 2.20 bits per heavy atom. The van der Waals surface area contributed by atoms with Gasteiger partial charge < -0.3 is 10.6 Å². The van der Waals surface area contributed by atoms with Crippen molar-refractivity contribution in [1.29, 1.82) is 0 Å². The average molecular weight is 293 g/mol. The van der Waals surface area contributed by atoms with E-state index in [-0.39, 0.29) is 0 Å². The SMILES string of the molecule is Cc1csc(CCNC2CCCCC2C2CCCN2)n1. The molecule has 0 amide bonds. The molecule has 1 aliphatic carbocycles. The van der Waals surface area contributed by atoms with Crippen molar-refractivity contribution in [3.63, 3.8) is 0 Å². The second kappa shape index (κ2) is 7.01. The molecule has 1 aliphatic heterocycles. The first-order valence-corrected chi connectivity index (χ1v) is 9.08. The molecule has 3 atom stereocenters. The Hall–Kier alpha value is -0.450. The molecule has 2 aliphatic rings. The Kier molecular flexibility index (Phi) is 5.08. The highest BCUT2D eigenvalue weighted by Gasteiger charge is 2.32. The van der Waals surface area contributed by atoms with E-state index in [4.69, 9.17) is 0 Å². The number of hydrogen-bond donors (Lipinski definition) is 2. The van der Waals surface area contributed by atoms with E-state index < -0.39 is 0 Å². The molecule has 1 saturated carbocycles. The number of nitrogens with zero attached hydrogens (tertiary/aromatic N) is 1. The highest BCUT2D eigenvalue weighted by Crippen LogP contribution is 2.30. The molecule has 4 heteroatoms. The largest absolute Gasteiger partial charge is 0.314 e. The quantitative estimate of drug-likeness (QED) is 0.876. The van der Waals surface area contributed by atoms with Gasteiger partial charge in [0.05, 0.1) is 5.01 Å². The minimum absolute atomic E-state index is 0.723. The third-order valence-corrected chi connectivity index (χ3v) is 5.87. The van der Waals surface area contributed by atoms with Crippen LogP contribution in [0.15, 0.2) is 5.38 Å². The predicted octanol–water partition coefficient (Wildman–Crippen LogP) is 2.89. The normalized spacial score (nSPS) is 30.8. The molecular formula is C16H27N3S. The van der Waals surface area contributed by atoms with Crippen LogP contribution in [0.5, 0.6) is 0 Å². The molecule has 1 saturated heterocycles. The molecule has 2 fully saturated rings. The topological polar surface area (TPSA) is 37.0 Å². The standard InChI is InChI=1S/C16H27N3S/c1-12-11-20-16(19-12)8-10-18-14-6-3-2-5-13(14)15-7-4-9-17-15/h11,13-15,17-18H,2-10H2,1H3. The van der Waals surface area contributed by atoms with Gasteiger partial charge in [-0.15, -0.1) is 11.3 Å². The monoisotopic (exact) mass is 293 g/mol. The lowest BCUT2D eigenvalue weighted by molar-refractivity contribution is 0.216. The summed E-state index contributed by atoms with van der Waals surface area (Å²) in [6.45, 7) is 4.39. The first-order valence-electron chi connectivity index (χ1n) is 8.21. The summed E-state index contributed by atoms with van der Waals surface area (Å²) in [6, 6.07) is 1.50. The summed E-state index contributed by atoms with van der Waals surface area (Å²) < 4.78 is 0. The first kappa shape index (κ1) is 14.5. The average Bonchev–Trinajstić information content (AvgIpc) is 3.11. The van der Waals surface area contributed by atoms with Crippen LogP contribution in [0, 0.1) is 12.8 Å². The highest BCUT2D eigenvalue weighted by atomic mass is 32.1. The number of thiazole rings is 1. The van der Waals surface area contributed by atoms with E-state index in [1.165, 1.54) is 50.1 Å². The zero-order valence-corrected chi connectivity index (χ0v) is 13.3. The van der Waals surface area contributed by atoms with E-state index >= 15 is 0 Å². The van der Waals surface area contributed by atoms with Gasteiger partial charge in [-0.05, 0) is 45.1 Å². The zero-order valence-electron chi connectivity index (χ0n) is 12.5. The fraction of sp³-hybridized carbons (Fsp3) is 0.812. The molecule has 0 aromatic carbocycles. The van der Waals surface area contributed by atoms with Gasteiger partial charge in [-0.3, -0.25) is 0 Å². The lowest BCUT2D eigenvalue weighted by Crippen LogP contribution is -2.47. The second-order valence-electron chi connectivity index (χ2n) is 6.34. The van der Waals surface area contributed by atoms with Crippen LogP contribution >= 0.6 is 11.3 Å². The second-order valence-corrected chi connectivity index (χ2v) is 7.29. The summed E-state index contributed by atoms with van der Waals surface area (Å²) in [5.74, 6) is 0.851. The summed E-state index contributed by atoms with van der Waals surface area (Å²) in [4.78, 5) is 4.56. The van der Waals surface area contributed by atoms with E-state index in [2.05, 4.69) is 27.9 Å². The molecular weight excluding hydrogens is 266 g/mol. The maximum Gasteiger partial charge on any atom is 0.0940 e. The summed E-state index contributed by atoms with van der Waals surface area (Å²) in [5.41, 5.74) is 1.16.